The van der Waals surface area contributed by atoms with Crippen molar-refractivity contribution in [2.24, 2.45) is 23.0 Å². The standard InChI is InChI=1S/C17H35N/c1-5-6-7-14-8-10-15(11-9-14)16(18)12-13-17(2,3)4/h14-16H,5-13,18H2,1-4H3. The first-order valence-electron chi connectivity index (χ1n) is 8.18. The molecule has 1 nitrogen and oxygen atoms in total. The summed E-state index contributed by atoms with van der Waals surface area (Å²) < 4.78 is 0. The van der Waals surface area contributed by atoms with Crippen molar-refractivity contribution in [2.45, 2.75) is 91.5 Å². The zero-order valence-electron chi connectivity index (χ0n) is 13.2. The van der Waals surface area contributed by atoms with Crippen molar-refractivity contribution in [3.8, 4) is 0 Å². The molecule has 0 aromatic carbocycles. The molecular formula is C17H35N. The molecule has 1 saturated carbocycles. The summed E-state index contributed by atoms with van der Waals surface area (Å²) >= 11 is 0. The summed E-state index contributed by atoms with van der Waals surface area (Å²) in [6.45, 7) is 9.26. The van der Waals surface area contributed by atoms with E-state index in [0.29, 0.717) is 11.5 Å². The Balaban J connectivity index is 2.21. The van der Waals surface area contributed by atoms with Crippen LogP contribution < -0.4 is 5.73 Å². The minimum Gasteiger partial charge on any atom is -0.327 e. The van der Waals surface area contributed by atoms with Gasteiger partial charge < -0.3 is 5.73 Å². The van der Waals surface area contributed by atoms with Crippen LogP contribution in [0.5, 0.6) is 0 Å². The van der Waals surface area contributed by atoms with Gasteiger partial charge in [-0.1, -0.05) is 59.8 Å². The third kappa shape index (κ3) is 6.22. The van der Waals surface area contributed by atoms with Gasteiger partial charge in [-0.25, -0.2) is 0 Å². The molecule has 1 atom stereocenters. The van der Waals surface area contributed by atoms with Crippen molar-refractivity contribution in [3.05, 3.63) is 0 Å². The molecule has 0 amide bonds. The zero-order chi connectivity index (χ0) is 13.6. The van der Waals surface area contributed by atoms with E-state index in [0.717, 1.165) is 11.8 Å². The second kappa shape index (κ2) is 7.53. The SMILES string of the molecule is CCCCC1CCC(C(N)CCC(C)(C)C)CC1. The monoisotopic (exact) mass is 253 g/mol. The average Bonchev–Trinajstić information content (AvgIpc) is 2.33. The number of nitrogens with two attached hydrogens (primary N) is 1. The van der Waals surface area contributed by atoms with Gasteiger partial charge in [0.05, 0.1) is 0 Å². The van der Waals surface area contributed by atoms with Crippen molar-refractivity contribution in [2.75, 3.05) is 0 Å². The third-order valence-electron chi connectivity index (χ3n) is 4.69. The molecule has 1 heteroatoms. The second-order valence-corrected chi connectivity index (χ2v) is 7.69. The maximum absolute atomic E-state index is 6.40. The number of hydrogen-bond donors (Lipinski definition) is 1. The predicted octanol–water partition coefficient (Wildman–Crippen LogP) is 5.14. The highest BCUT2D eigenvalue weighted by atomic mass is 14.7. The van der Waals surface area contributed by atoms with Crippen LogP contribution in [0, 0.1) is 17.3 Å². The van der Waals surface area contributed by atoms with Crippen LogP contribution in [0.15, 0.2) is 0 Å². The van der Waals surface area contributed by atoms with E-state index in [2.05, 4.69) is 27.7 Å². The van der Waals surface area contributed by atoms with Gasteiger partial charge in [0.2, 0.25) is 0 Å². The van der Waals surface area contributed by atoms with Crippen molar-refractivity contribution < 1.29 is 0 Å². The Hall–Kier alpha value is -0.0400. The molecule has 0 aliphatic heterocycles. The van der Waals surface area contributed by atoms with Crippen LogP contribution in [0.1, 0.15) is 85.5 Å². The van der Waals surface area contributed by atoms with E-state index in [1.165, 1.54) is 57.8 Å². The number of hydrogen-bond acceptors (Lipinski definition) is 1. The summed E-state index contributed by atoms with van der Waals surface area (Å²) in [4.78, 5) is 0. The maximum atomic E-state index is 6.40. The van der Waals surface area contributed by atoms with Gasteiger partial charge in [0.25, 0.3) is 0 Å². The quantitative estimate of drug-likeness (QED) is 0.697. The summed E-state index contributed by atoms with van der Waals surface area (Å²) in [5, 5.41) is 0. The Kier molecular flexibility index (Phi) is 6.70. The Bertz CT molecular complexity index is 208. The van der Waals surface area contributed by atoms with Crippen molar-refractivity contribution in [3.63, 3.8) is 0 Å². The third-order valence-corrected chi connectivity index (χ3v) is 4.69. The summed E-state index contributed by atoms with van der Waals surface area (Å²) in [5.74, 6) is 1.82. The van der Waals surface area contributed by atoms with Crippen LogP contribution in [-0.4, -0.2) is 6.04 Å². The zero-order valence-corrected chi connectivity index (χ0v) is 13.2. The van der Waals surface area contributed by atoms with Crippen LogP contribution in [0.25, 0.3) is 0 Å². The van der Waals surface area contributed by atoms with E-state index in [9.17, 15) is 0 Å². The Morgan fingerprint density at radius 3 is 2.22 bits per heavy atom. The highest BCUT2D eigenvalue weighted by Gasteiger charge is 2.26. The fourth-order valence-electron chi connectivity index (χ4n) is 3.23. The lowest BCUT2D eigenvalue weighted by Crippen LogP contribution is -2.34. The Labute approximate surface area is 115 Å². The summed E-state index contributed by atoms with van der Waals surface area (Å²) in [6.07, 6.45) is 12.4. The van der Waals surface area contributed by atoms with Crippen LogP contribution in [-0.2, 0) is 0 Å². The molecule has 0 aromatic heterocycles. The molecule has 108 valence electrons. The van der Waals surface area contributed by atoms with Gasteiger partial charge in [-0.05, 0) is 42.9 Å². The molecule has 0 spiro atoms. The molecule has 0 radical (unpaired) electrons. The largest absolute Gasteiger partial charge is 0.327 e. The van der Waals surface area contributed by atoms with Crippen molar-refractivity contribution in [1.29, 1.82) is 0 Å². The van der Waals surface area contributed by atoms with Crippen molar-refractivity contribution in [1.82, 2.24) is 0 Å². The van der Waals surface area contributed by atoms with E-state index in [4.69, 9.17) is 5.73 Å². The summed E-state index contributed by atoms with van der Waals surface area (Å²) in [6, 6.07) is 0.455. The minimum absolute atomic E-state index is 0.440. The van der Waals surface area contributed by atoms with Gasteiger partial charge >= 0.3 is 0 Å². The first-order chi connectivity index (χ1) is 8.42. The fraction of sp³-hybridized carbons (Fsp3) is 1.00. The molecule has 0 aromatic rings. The topological polar surface area (TPSA) is 26.0 Å². The van der Waals surface area contributed by atoms with E-state index in [-0.39, 0.29) is 0 Å². The second-order valence-electron chi connectivity index (χ2n) is 7.69. The minimum atomic E-state index is 0.440. The molecule has 2 N–H and O–H groups in total. The Morgan fingerprint density at radius 1 is 1.11 bits per heavy atom. The van der Waals surface area contributed by atoms with Crippen molar-refractivity contribution >= 4 is 0 Å². The van der Waals surface area contributed by atoms with Gasteiger partial charge in [-0.15, -0.1) is 0 Å². The molecule has 0 heterocycles. The van der Waals surface area contributed by atoms with Gasteiger partial charge in [0, 0.05) is 6.04 Å². The molecule has 1 unspecified atom stereocenters. The van der Waals surface area contributed by atoms with E-state index in [1.54, 1.807) is 0 Å². The lowest BCUT2D eigenvalue weighted by Gasteiger charge is -2.33. The first kappa shape index (κ1) is 16.0. The molecule has 1 rings (SSSR count). The number of unbranched alkanes of at least 4 members (excludes halogenated alkanes) is 1. The molecule has 1 aliphatic carbocycles. The first-order valence-corrected chi connectivity index (χ1v) is 8.18. The fourth-order valence-corrected chi connectivity index (χ4v) is 3.23. The summed E-state index contributed by atoms with van der Waals surface area (Å²) in [7, 11) is 0. The smallest absolute Gasteiger partial charge is 0.00673 e. The average molecular weight is 253 g/mol. The van der Waals surface area contributed by atoms with E-state index in [1.807, 2.05) is 0 Å². The van der Waals surface area contributed by atoms with Gasteiger partial charge in [0.1, 0.15) is 0 Å². The molecule has 0 bridgehead atoms. The summed E-state index contributed by atoms with van der Waals surface area (Å²) in [5.41, 5.74) is 6.84. The normalized spacial score (nSPS) is 27.2. The van der Waals surface area contributed by atoms with Crippen LogP contribution >= 0.6 is 0 Å². The molecule has 18 heavy (non-hydrogen) atoms. The lowest BCUT2D eigenvalue weighted by atomic mass is 9.75. The lowest BCUT2D eigenvalue weighted by molar-refractivity contribution is 0.214. The highest BCUT2D eigenvalue weighted by Crippen LogP contribution is 2.35. The van der Waals surface area contributed by atoms with Crippen LogP contribution in [0.4, 0.5) is 0 Å². The number of rotatable bonds is 6. The van der Waals surface area contributed by atoms with Crippen LogP contribution in [0.3, 0.4) is 0 Å². The maximum Gasteiger partial charge on any atom is 0.00673 e. The molecule has 1 fully saturated rings. The predicted molar refractivity (Wildman–Crippen MR) is 81.6 cm³/mol. The van der Waals surface area contributed by atoms with Gasteiger partial charge in [-0.3, -0.25) is 0 Å². The highest BCUT2D eigenvalue weighted by molar-refractivity contribution is 4.81. The van der Waals surface area contributed by atoms with E-state index < -0.39 is 0 Å². The molecule has 0 saturated heterocycles. The molecular weight excluding hydrogens is 218 g/mol. The van der Waals surface area contributed by atoms with E-state index >= 15 is 0 Å². The van der Waals surface area contributed by atoms with Gasteiger partial charge in [-0.2, -0.15) is 0 Å². The van der Waals surface area contributed by atoms with Crippen LogP contribution in [0.2, 0.25) is 0 Å². The molecule has 1 aliphatic rings. The van der Waals surface area contributed by atoms with Gasteiger partial charge in [0.15, 0.2) is 0 Å². The Morgan fingerprint density at radius 2 is 1.72 bits per heavy atom.